The van der Waals surface area contributed by atoms with Crippen LogP contribution < -0.4 is 15.5 Å². The van der Waals surface area contributed by atoms with Gasteiger partial charge in [-0.15, -0.1) is 0 Å². The molecule has 3 amide bonds. The first-order valence-electron chi connectivity index (χ1n) is 12.1. The smallest absolute Gasteiger partial charge is 0.318 e. The Hall–Kier alpha value is -2.64. The maximum atomic E-state index is 13.7. The number of benzene rings is 2. The van der Waals surface area contributed by atoms with Gasteiger partial charge in [-0.3, -0.25) is 15.0 Å². The van der Waals surface area contributed by atoms with Crippen LogP contribution in [-0.2, 0) is 4.79 Å². The molecule has 0 aromatic heterocycles. The highest BCUT2D eigenvalue weighted by Gasteiger charge is 2.46. The van der Waals surface area contributed by atoms with Gasteiger partial charge in [0.2, 0.25) is 5.91 Å². The van der Waals surface area contributed by atoms with Crippen molar-refractivity contribution in [1.82, 2.24) is 10.2 Å². The summed E-state index contributed by atoms with van der Waals surface area (Å²) in [5.41, 5.74) is 1.24. The second-order valence-electron chi connectivity index (χ2n) is 9.17. The quantitative estimate of drug-likeness (QED) is 0.556. The predicted molar refractivity (Wildman–Crippen MR) is 133 cm³/mol. The van der Waals surface area contributed by atoms with Crippen LogP contribution >= 0.6 is 11.6 Å². The number of amides is 3. The number of hydrogen-bond acceptors (Lipinski definition) is 3. The Morgan fingerprint density at radius 3 is 2.68 bits per heavy atom. The highest BCUT2D eigenvalue weighted by atomic mass is 35.5. The van der Waals surface area contributed by atoms with E-state index in [-0.39, 0.29) is 35.8 Å². The molecule has 1 heterocycles. The molecule has 1 aliphatic heterocycles. The van der Waals surface area contributed by atoms with Crippen LogP contribution in [0.2, 0.25) is 5.02 Å². The molecule has 8 heteroatoms. The zero-order valence-electron chi connectivity index (χ0n) is 19.6. The van der Waals surface area contributed by atoms with E-state index >= 15 is 0 Å². The van der Waals surface area contributed by atoms with Crippen LogP contribution in [-0.4, -0.2) is 41.6 Å². The largest absolute Gasteiger partial charge is 0.322 e. The number of hydrogen-bond donors (Lipinski definition) is 2. The molecule has 1 saturated carbocycles. The Kier molecular flexibility index (Phi) is 7.73. The molecule has 182 valence electrons. The molecule has 0 bridgehead atoms. The zero-order chi connectivity index (χ0) is 24.2. The molecule has 4 unspecified atom stereocenters. The summed E-state index contributed by atoms with van der Waals surface area (Å²) in [6.07, 6.45) is 4.19. The lowest BCUT2D eigenvalue weighted by Crippen LogP contribution is -2.70. The Labute approximate surface area is 205 Å². The maximum absolute atomic E-state index is 13.7. The molecule has 0 spiro atoms. The molecule has 34 heavy (non-hydrogen) atoms. The van der Waals surface area contributed by atoms with E-state index in [1.165, 1.54) is 12.1 Å². The maximum Gasteiger partial charge on any atom is 0.322 e. The average Bonchev–Trinajstić information content (AvgIpc) is 2.83. The summed E-state index contributed by atoms with van der Waals surface area (Å²) in [4.78, 5) is 30.5. The van der Waals surface area contributed by atoms with Crippen molar-refractivity contribution in [3.8, 4) is 0 Å². The summed E-state index contributed by atoms with van der Waals surface area (Å²) in [5.74, 6) is -0.421. The first-order chi connectivity index (χ1) is 16.4. The summed E-state index contributed by atoms with van der Waals surface area (Å²) >= 11 is 6.09. The average molecular weight is 487 g/mol. The van der Waals surface area contributed by atoms with E-state index in [9.17, 15) is 14.0 Å². The summed E-state index contributed by atoms with van der Waals surface area (Å²) in [7, 11) is 0. The van der Waals surface area contributed by atoms with Crippen LogP contribution in [0.15, 0.2) is 48.5 Å². The Morgan fingerprint density at radius 1 is 1.24 bits per heavy atom. The fraction of sp³-hybridized carbons (Fsp3) is 0.462. The number of carbonyl (C=O) groups is 2. The standard InChI is InChI=1S/C26H32ClFN4O2/c1-3-15-31(26(34)29-20-8-6-7-18(27)16-20)17(2)24-30-23-10-5-4-9-22(23)25(33)32(24)21-13-11-19(28)12-14-21/h6-8,11-14,16-17,22-24,30H,3-5,9-10,15H2,1-2H3,(H,29,34). The molecular weight excluding hydrogens is 455 g/mol. The summed E-state index contributed by atoms with van der Waals surface area (Å²) in [5, 5.41) is 7.16. The van der Waals surface area contributed by atoms with Crippen LogP contribution in [0.3, 0.4) is 0 Å². The highest BCUT2D eigenvalue weighted by Crippen LogP contribution is 2.34. The Balaban J connectivity index is 1.64. The van der Waals surface area contributed by atoms with Crippen molar-refractivity contribution in [2.75, 3.05) is 16.8 Å². The topological polar surface area (TPSA) is 64.7 Å². The summed E-state index contributed by atoms with van der Waals surface area (Å²) < 4.78 is 13.7. The van der Waals surface area contributed by atoms with Crippen LogP contribution in [0.1, 0.15) is 46.0 Å². The number of anilines is 2. The second kappa shape index (κ2) is 10.7. The second-order valence-corrected chi connectivity index (χ2v) is 9.60. The molecule has 4 atom stereocenters. The van der Waals surface area contributed by atoms with Gasteiger partial charge in [0.1, 0.15) is 12.0 Å². The molecule has 4 rings (SSSR count). The van der Waals surface area contributed by atoms with Crippen molar-refractivity contribution in [3.05, 3.63) is 59.4 Å². The van der Waals surface area contributed by atoms with Crippen LogP contribution in [0.25, 0.3) is 0 Å². The number of nitrogens with zero attached hydrogens (tertiary/aromatic N) is 2. The van der Waals surface area contributed by atoms with Gasteiger partial charge < -0.3 is 10.2 Å². The SMILES string of the molecule is CCCN(C(=O)Nc1cccc(Cl)c1)C(C)C1NC2CCCCC2C(=O)N1c1ccc(F)cc1. The van der Waals surface area contributed by atoms with Gasteiger partial charge in [0.25, 0.3) is 0 Å². The van der Waals surface area contributed by atoms with Gasteiger partial charge in [0.15, 0.2) is 0 Å². The highest BCUT2D eigenvalue weighted by molar-refractivity contribution is 6.30. The molecule has 1 aliphatic carbocycles. The van der Waals surface area contributed by atoms with Gasteiger partial charge in [-0.1, -0.05) is 37.4 Å². The fourth-order valence-corrected chi connectivity index (χ4v) is 5.33. The van der Waals surface area contributed by atoms with Gasteiger partial charge in [-0.25, -0.2) is 9.18 Å². The first kappa shape index (κ1) is 24.5. The van der Waals surface area contributed by atoms with Crippen molar-refractivity contribution in [2.24, 2.45) is 5.92 Å². The van der Waals surface area contributed by atoms with Gasteiger partial charge in [-0.2, -0.15) is 0 Å². The molecule has 6 nitrogen and oxygen atoms in total. The van der Waals surface area contributed by atoms with Crippen molar-refractivity contribution in [2.45, 2.75) is 64.2 Å². The minimum atomic E-state index is -0.436. The summed E-state index contributed by atoms with van der Waals surface area (Å²) in [6, 6.07) is 12.5. The molecule has 2 aliphatic rings. The third kappa shape index (κ3) is 5.20. The number of carbonyl (C=O) groups excluding carboxylic acids is 2. The van der Waals surface area contributed by atoms with Crippen molar-refractivity contribution in [1.29, 1.82) is 0 Å². The number of urea groups is 1. The number of rotatable bonds is 6. The van der Waals surface area contributed by atoms with Crippen LogP contribution in [0.5, 0.6) is 0 Å². The minimum absolute atomic E-state index is 0.0404. The Bertz CT molecular complexity index is 1020. The van der Waals surface area contributed by atoms with Gasteiger partial charge >= 0.3 is 6.03 Å². The fourth-order valence-electron chi connectivity index (χ4n) is 5.14. The lowest BCUT2D eigenvalue weighted by atomic mass is 9.81. The van der Waals surface area contributed by atoms with E-state index in [2.05, 4.69) is 10.6 Å². The molecular formula is C26H32ClFN4O2. The van der Waals surface area contributed by atoms with Crippen molar-refractivity contribution < 1.29 is 14.0 Å². The zero-order valence-corrected chi connectivity index (χ0v) is 20.4. The van der Waals surface area contributed by atoms with Crippen LogP contribution in [0.4, 0.5) is 20.6 Å². The minimum Gasteiger partial charge on any atom is -0.318 e. The van der Waals surface area contributed by atoms with Gasteiger partial charge in [-0.05, 0) is 68.7 Å². The molecule has 2 aromatic carbocycles. The van der Waals surface area contributed by atoms with Gasteiger partial charge in [0, 0.05) is 29.0 Å². The third-order valence-corrected chi connectivity index (χ3v) is 7.07. The van der Waals surface area contributed by atoms with E-state index < -0.39 is 6.17 Å². The van der Waals surface area contributed by atoms with Crippen LogP contribution in [0, 0.1) is 11.7 Å². The first-order valence-corrected chi connectivity index (χ1v) is 12.4. The molecule has 2 N–H and O–H groups in total. The summed E-state index contributed by atoms with van der Waals surface area (Å²) in [6.45, 7) is 4.49. The van der Waals surface area contributed by atoms with E-state index in [4.69, 9.17) is 11.6 Å². The molecule has 2 fully saturated rings. The third-order valence-electron chi connectivity index (χ3n) is 6.84. The van der Waals surface area contributed by atoms with E-state index in [1.807, 2.05) is 13.8 Å². The van der Waals surface area contributed by atoms with Crippen molar-refractivity contribution in [3.63, 3.8) is 0 Å². The van der Waals surface area contributed by atoms with E-state index in [0.717, 1.165) is 32.1 Å². The molecule has 2 aromatic rings. The number of fused-ring (bicyclic) bond motifs is 1. The van der Waals surface area contributed by atoms with E-state index in [1.54, 1.807) is 46.2 Å². The lowest BCUT2D eigenvalue weighted by Gasteiger charge is -2.50. The number of nitrogens with one attached hydrogen (secondary N) is 2. The Morgan fingerprint density at radius 2 is 1.97 bits per heavy atom. The molecule has 0 radical (unpaired) electrons. The van der Waals surface area contributed by atoms with Crippen molar-refractivity contribution >= 4 is 34.9 Å². The monoisotopic (exact) mass is 486 g/mol. The number of halogens is 2. The predicted octanol–water partition coefficient (Wildman–Crippen LogP) is 5.63. The van der Waals surface area contributed by atoms with E-state index in [0.29, 0.717) is 22.9 Å². The molecule has 1 saturated heterocycles. The normalized spacial score (nSPS) is 23.2. The van der Waals surface area contributed by atoms with Gasteiger partial charge in [0.05, 0.1) is 12.0 Å². The lowest BCUT2D eigenvalue weighted by molar-refractivity contribution is -0.127.